The normalized spacial score (nSPS) is 20.1. The minimum Gasteiger partial charge on any atom is -0.493 e. The number of hydrazone groups is 1. The van der Waals surface area contributed by atoms with Crippen LogP contribution in [0.2, 0.25) is 0 Å². The molecule has 0 radical (unpaired) electrons. The van der Waals surface area contributed by atoms with Crippen molar-refractivity contribution in [3.8, 4) is 11.5 Å². The summed E-state index contributed by atoms with van der Waals surface area (Å²) in [6, 6.07) is 3.57. The lowest BCUT2D eigenvalue weighted by atomic mass is 9.87. The molecule has 0 bridgehead atoms. The molecule has 0 amide bonds. The molecule has 1 aliphatic heterocycles. The van der Waals surface area contributed by atoms with Gasteiger partial charge < -0.3 is 19.6 Å². The van der Waals surface area contributed by atoms with Crippen LogP contribution in [-0.4, -0.2) is 48.7 Å². The standard InChI is InChI=1S/C20H20N4O4/c1-4-28-20(25)19-12-6-5-11(7-15(12)23-24-19)14-10-21-22-16-9-18(27-3)17(26-2)8-13(14)16/h5-10,12,15,23H,4H2,1-3H3. The van der Waals surface area contributed by atoms with Crippen molar-refractivity contribution in [2.45, 2.75) is 13.0 Å². The van der Waals surface area contributed by atoms with E-state index < -0.39 is 5.97 Å². The largest absolute Gasteiger partial charge is 0.493 e. The summed E-state index contributed by atoms with van der Waals surface area (Å²) in [7, 11) is 3.18. The summed E-state index contributed by atoms with van der Waals surface area (Å²) >= 11 is 0. The van der Waals surface area contributed by atoms with Crippen LogP contribution in [0.15, 0.2) is 41.7 Å². The number of hydrogen-bond acceptors (Lipinski definition) is 8. The topological polar surface area (TPSA) is 94.9 Å². The first-order valence-electron chi connectivity index (χ1n) is 8.94. The number of carbonyl (C=O) groups excluding carboxylic acids is 1. The molecule has 0 spiro atoms. The zero-order chi connectivity index (χ0) is 19.7. The Hall–Kier alpha value is -3.42. The van der Waals surface area contributed by atoms with E-state index in [0.29, 0.717) is 29.3 Å². The molecule has 2 heterocycles. The predicted molar refractivity (Wildman–Crippen MR) is 104 cm³/mol. The molecule has 0 saturated heterocycles. The van der Waals surface area contributed by atoms with Crippen molar-refractivity contribution in [3.05, 3.63) is 42.1 Å². The van der Waals surface area contributed by atoms with E-state index >= 15 is 0 Å². The molecule has 0 fully saturated rings. The number of carbonyl (C=O) groups is 1. The Morgan fingerprint density at radius 3 is 2.75 bits per heavy atom. The van der Waals surface area contributed by atoms with Gasteiger partial charge in [0.2, 0.25) is 0 Å². The summed E-state index contributed by atoms with van der Waals surface area (Å²) in [4.78, 5) is 12.1. The van der Waals surface area contributed by atoms with Crippen LogP contribution in [0.5, 0.6) is 11.5 Å². The van der Waals surface area contributed by atoms with Crippen LogP contribution in [0.3, 0.4) is 0 Å². The second kappa shape index (κ2) is 7.30. The number of methoxy groups -OCH3 is 2. The maximum absolute atomic E-state index is 12.1. The summed E-state index contributed by atoms with van der Waals surface area (Å²) in [5.41, 5.74) is 5.98. The molecule has 1 aromatic carbocycles. The molecular formula is C20H20N4O4. The smallest absolute Gasteiger partial charge is 0.355 e. The average molecular weight is 380 g/mol. The van der Waals surface area contributed by atoms with Gasteiger partial charge in [-0.2, -0.15) is 15.3 Å². The first-order chi connectivity index (χ1) is 13.7. The average Bonchev–Trinajstić information content (AvgIpc) is 3.15. The van der Waals surface area contributed by atoms with Gasteiger partial charge in [-0.15, -0.1) is 0 Å². The van der Waals surface area contributed by atoms with Gasteiger partial charge >= 0.3 is 5.97 Å². The zero-order valence-electron chi connectivity index (χ0n) is 15.8. The molecule has 2 atom stereocenters. The molecule has 0 saturated carbocycles. The van der Waals surface area contributed by atoms with E-state index in [4.69, 9.17) is 14.2 Å². The molecule has 1 N–H and O–H groups in total. The number of aromatic nitrogens is 2. The Labute approximate surface area is 161 Å². The first-order valence-corrected chi connectivity index (χ1v) is 8.94. The van der Waals surface area contributed by atoms with Gasteiger partial charge in [0.25, 0.3) is 0 Å². The SMILES string of the molecule is CCOC(=O)C1=NNC2C=C(c3cnnc4cc(OC)c(OC)cc34)C=CC12. The quantitative estimate of drug-likeness (QED) is 0.794. The highest BCUT2D eigenvalue weighted by atomic mass is 16.5. The Balaban J connectivity index is 1.70. The highest BCUT2D eigenvalue weighted by Crippen LogP contribution is 2.36. The molecule has 1 aromatic heterocycles. The molecule has 2 aliphatic rings. The van der Waals surface area contributed by atoms with Gasteiger partial charge in [-0.1, -0.05) is 18.2 Å². The van der Waals surface area contributed by atoms with E-state index in [9.17, 15) is 4.79 Å². The lowest BCUT2D eigenvalue weighted by Gasteiger charge is -2.20. The molecule has 8 nitrogen and oxygen atoms in total. The maximum atomic E-state index is 12.1. The molecule has 28 heavy (non-hydrogen) atoms. The van der Waals surface area contributed by atoms with Gasteiger partial charge in [-0.3, -0.25) is 0 Å². The third-order valence-corrected chi connectivity index (χ3v) is 4.82. The number of ether oxygens (including phenoxy) is 3. The molecule has 144 valence electrons. The lowest BCUT2D eigenvalue weighted by molar-refractivity contribution is -0.135. The number of benzene rings is 1. The second-order valence-corrected chi connectivity index (χ2v) is 6.36. The molecule has 1 aliphatic carbocycles. The number of nitrogens with one attached hydrogen (secondary N) is 1. The molecule has 4 rings (SSSR count). The lowest BCUT2D eigenvalue weighted by Crippen LogP contribution is -2.31. The van der Waals surface area contributed by atoms with Crippen LogP contribution in [0.25, 0.3) is 16.5 Å². The van der Waals surface area contributed by atoms with Crippen molar-refractivity contribution in [1.82, 2.24) is 15.6 Å². The highest BCUT2D eigenvalue weighted by Gasteiger charge is 2.35. The van der Waals surface area contributed by atoms with Crippen molar-refractivity contribution < 1.29 is 19.0 Å². The first kappa shape index (κ1) is 18.0. The van der Waals surface area contributed by atoms with E-state index in [1.165, 1.54) is 0 Å². The van der Waals surface area contributed by atoms with Crippen LogP contribution in [0, 0.1) is 5.92 Å². The summed E-state index contributed by atoms with van der Waals surface area (Å²) in [6.45, 7) is 2.10. The van der Waals surface area contributed by atoms with E-state index in [1.54, 1.807) is 33.4 Å². The Kier molecular flexibility index (Phi) is 4.68. The highest BCUT2D eigenvalue weighted by molar-refractivity contribution is 6.38. The molecule has 8 heteroatoms. The van der Waals surface area contributed by atoms with Crippen molar-refractivity contribution in [2.24, 2.45) is 11.0 Å². The van der Waals surface area contributed by atoms with Crippen molar-refractivity contribution in [2.75, 3.05) is 20.8 Å². The third-order valence-electron chi connectivity index (χ3n) is 4.82. The fourth-order valence-corrected chi connectivity index (χ4v) is 3.46. The fourth-order valence-electron chi connectivity index (χ4n) is 3.46. The van der Waals surface area contributed by atoms with E-state index in [2.05, 4.69) is 20.7 Å². The van der Waals surface area contributed by atoms with Gasteiger partial charge in [0.05, 0.1) is 44.5 Å². The van der Waals surface area contributed by atoms with E-state index in [1.807, 2.05) is 24.3 Å². The number of allylic oxidation sites excluding steroid dienone is 2. The van der Waals surface area contributed by atoms with Crippen LogP contribution in [-0.2, 0) is 9.53 Å². The monoisotopic (exact) mass is 380 g/mol. The summed E-state index contributed by atoms with van der Waals surface area (Å²) in [6.07, 6.45) is 7.68. The van der Waals surface area contributed by atoms with Crippen LogP contribution in [0.4, 0.5) is 0 Å². The van der Waals surface area contributed by atoms with Gasteiger partial charge in [0.1, 0.15) is 0 Å². The number of rotatable bonds is 5. The molecule has 2 aromatic rings. The Bertz CT molecular complexity index is 1030. The second-order valence-electron chi connectivity index (χ2n) is 6.36. The zero-order valence-corrected chi connectivity index (χ0v) is 15.8. The number of nitrogens with zero attached hydrogens (tertiary/aromatic N) is 3. The fraction of sp³-hybridized carbons (Fsp3) is 0.300. The van der Waals surface area contributed by atoms with Gasteiger partial charge in [-0.25, -0.2) is 4.79 Å². The van der Waals surface area contributed by atoms with Crippen LogP contribution in [0.1, 0.15) is 12.5 Å². The third kappa shape index (κ3) is 2.96. The van der Waals surface area contributed by atoms with Crippen LogP contribution >= 0.6 is 0 Å². The van der Waals surface area contributed by atoms with Crippen LogP contribution < -0.4 is 14.9 Å². The minimum absolute atomic E-state index is 0.122. The van der Waals surface area contributed by atoms with Gasteiger partial charge in [-0.05, 0) is 18.6 Å². The summed E-state index contributed by atoms with van der Waals surface area (Å²) in [5.74, 6) is 0.671. The summed E-state index contributed by atoms with van der Waals surface area (Å²) in [5, 5.41) is 13.4. The van der Waals surface area contributed by atoms with Gasteiger partial charge in [0, 0.05) is 17.0 Å². The Morgan fingerprint density at radius 1 is 1.21 bits per heavy atom. The van der Waals surface area contributed by atoms with Crippen molar-refractivity contribution in [3.63, 3.8) is 0 Å². The number of esters is 1. The number of fused-ring (bicyclic) bond motifs is 2. The summed E-state index contributed by atoms with van der Waals surface area (Å²) < 4.78 is 15.9. The van der Waals surface area contributed by atoms with Gasteiger partial charge in [0.15, 0.2) is 17.2 Å². The Morgan fingerprint density at radius 2 is 2.00 bits per heavy atom. The minimum atomic E-state index is -0.392. The van der Waals surface area contributed by atoms with Crippen molar-refractivity contribution in [1.29, 1.82) is 0 Å². The predicted octanol–water partition coefficient (Wildman–Crippen LogP) is 2.11. The van der Waals surface area contributed by atoms with E-state index in [-0.39, 0.29) is 12.0 Å². The molecular weight excluding hydrogens is 360 g/mol. The maximum Gasteiger partial charge on any atom is 0.355 e. The van der Waals surface area contributed by atoms with E-state index in [0.717, 1.165) is 16.5 Å². The van der Waals surface area contributed by atoms with Crippen molar-refractivity contribution >= 4 is 28.2 Å². The number of hydrogen-bond donors (Lipinski definition) is 1. The molecule has 2 unspecified atom stereocenters.